The van der Waals surface area contributed by atoms with E-state index in [0.717, 1.165) is 0 Å². The maximum absolute atomic E-state index is 9.55. The highest BCUT2D eigenvalue weighted by Gasteiger charge is 2.25. The molecule has 0 bridgehead atoms. The van der Waals surface area contributed by atoms with E-state index < -0.39 is 11.2 Å². The highest BCUT2D eigenvalue weighted by Crippen LogP contribution is 2.08. The van der Waals surface area contributed by atoms with Crippen molar-refractivity contribution in [2.45, 2.75) is 44.9 Å². The van der Waals surface area contributed by atoms with Crippen LogP contribution in [0.1, 0.15) is 27.7 Å². The van der Waals surface area contributed by atoms with E-state index in [9.17, 15) is 10.2 Å². The van der Waals surface area contributed by atoms with Gasteiger partial charge in [0.25, 0.3) is 0 Å². The summed E-state index contributed by atoms with van der Waals surface area (Å²) in [5.74, 6) is 0. The molecule has 0 aliphatic heterocycles. The Hall–Kier alpha value is -0.160. The second-order valence-corrected chi connectivity index (χ2v) is 4.41. The molecule has 0 rings (SSSR count). The van der Waals surface area contributed by atoms with Gasteiger partial charge in [0.2, 0.25) is 0 Å². The second-order valence-electron chi connectivity index (χ2n) is 4.41. The minimum absolute atomic E-state index is 0.134. The number of hydrogen-bond donors (Lipinski definition) is 4. The van der Waals surface area contributed by atoms with E-state index in [1.165, 1.54) is 6.92 Å². The average Bonchev–Trinajstić information content (AvgIpc) is 1.98. The first-order chi connectivity index (χ1) is 5.69. The zero-order valence-corrected chi connectivity index (χ0v) is 8.83. The molecule has 2 atom stereocenters. The molecule has 0 aromatic carbocycles. The highest BCUT2D eigenvalue weighted by molar-refractivity contribution is 4.83. The lowest BCUT2D eigenvalue weighted by Gasteiger charge is -2.30. The zero-order chi connectivity index (χ0) is 10.7. The lowest BCUT2D eigenvalue weighted by molar-refractivity contribution is -0.0121. The van der Waals surface area contributed by atoms with Crippen LogP contribution in [0.2, 0.25) is 0 Å². The molecule has 2 unspecified atom stereocenters. The molecule has 80 valence electrons. The third-order valence-electron chi connectivity index (χ3n) is 2.19. The van der Waals surface area contributed by atoms with Gasteiger partial charge >= 0.3 is 0 Å². The van der Waals surface area contributed by atoms with Gasteiger partial charge in [0.05, 0.1) is 17.8 Å². The third-order valence-corrected chi connectivity index (χ3v) is 2.19. The van der Waals surface area contributed by atoms with Gasteiger partial charge in [-0.1, -0.05) is 0 Å². The maximum atomic E-state index is 9.55. The summed E-state index contributed by atoms with van der Waals surface area (Å²) >= 11 is 0. The van der Waals surface area contributed by atoms with Gasteiger partial charge in [-0.25, -0.2) is 0 Å². The van der Waals surface area contributed by atoms with Gasteiger partial charge in [-0.3, -0.25) is 0 Å². The molecule has 0 aromatic heterocycles. The fraction of sp³-hybridized carbons (Fsp3) is 1.00. The summed E-state index contributed by atoms with van der Waals surface area (Å²) in [5.41, 5.74) is -1.95. The molecule has 0 heterocycles. The Labute approximate surface area is 79.6 Å². The molecule has 0 aromatic rings. The molecule has 0 fully saturated rings. The average molecular weight is 191 g/mol. The molecule has 0 aliphatic rings. The third kappa shape index (κ3) is 5.21. The summed E-state index contributed by atoms with van der Waals surface area (Å²) in [6.07, 6.45) is 0. The van der Waals surface area contributed by atoms with Crippen LogP contribution >= 0.6 is 0 Å². The second kappa shape index (κ2) is 4.37. The Morgan fingerprint density at radius 3 is 2.00 bits per heavy atom. The van der Waals surface area contributed by atoms with Crippen molar-refractivity contribution in [3.05, 3.63) is 0 Å². The van der Waals surface area contributed by atoms with Crippen LogP contribution in [0.4, 0.5) is 0 Å². The molecule has 0 amide bonds. The number of nitrogens with one attached hydrogen (secondary N) is 1. The van der Waals surface area contributed by atoms with Crippen molar-refractivity contribution in [2.24, 2.45) is 0 Å². The van der Waals surface area contributed by atoms with Crippen LogP contribution in [0, 0.1) is 0 Å². The van der Waals surface area contributed by atoms with Crippen LogP contribution in [0.5, 0.6) is 0 Å². The number of hydrogen-bond acceptors (Lipinski definition) is 4. The number of aliphatic hydroxyl groups excluding tert-OH is 1. The standard InChI is InChI=1S/C9H21NO3/c1-7(8(2,3)12)10-5-9(4,13)6-11/h7,10-13H,5-6H2,1-4H3. The Balaban J connectivity index is 3.90. The lowest BCUT2D eigenvalue weighted by Crippen LogP contribution is -2.51. The maximum Gasteiger partial charge on any atom is 0.0972 e. The highest BCUT2D eigenvalue weighted by atomic mass is 16.3. The van der Waals surface area contributed by atoms with E-state index in [0.29, 0.717) is 0 Å². The van der Waals surface area contributed by atoms with Crippen LogP contribution in [-0.4, -0.2) is 45.7 Å². The number of aliphatic hydroxyl groups is 3. The summed E-state index contributed by atoms with van der Waals surface area (Å²) in [4.78, 5) is 0. The van der Waals surface area contributed by atoms with Gasteiger partial charge in [-0.15, -0.1) is 0 Å². The van der Waals surface area contributed by atoms with Crippen molar-refractivity contribution in [3.63, 3.8) is 0 Å². The van der Waals surface area contributed by atoms with Crippen molar-refractivity contribution in [1.82, 2.24) is 5.32 Å². The molecule has 4 nitrogen and oxygen atoms in total. The van der Waals surface area contributed by atoms with Gasteiger partial charge in [0.15, 0.2) is 0 Å². The fourth-order valence-electron chi connectivity index (χ4n) is 0.679. The molecule has 13 heavy (non-hydrogen) atoms. The normalized spacial score (nSPS) is 19.6. The zero-order valence-electron chi connectivity index (χ0n) is 8.83. The first kappa shape index (κ1) is 12.8. The minimum atomic E-state index is -1.13. The van der Waals surface area contributed by atoms with Crippen LogP contribution in [0.15, 0.2) is 0 Å². The molecule has 4 heteroatoms. The first-order valence-corrected chi connectivity index (χ1v) is 4.48. The van der Waals surface area contributed by atoms with E-state index >= 15 is 0 Å². The lowest BCUT2D eigenvalue weighted by atomic mass is 9.99. The Morgan fingerprint density at radius 1 is 1.23 bits per heavy atom. The number of rotatable bonds is 5. The monoisotopic (exact) mass is 191 g/mol. The van der Waals surface area contributed by atoms with Crippen LogP contribution in [0.3, 0.4) is 0 Å². The van der Waals surface area contributed by atoms with Gasteiger partial charge in [-0.2, -0.15) is 0 Å². The van der Waals surface area contributed by atoms with Crippen molar-refractivity contribution in [1.29, 1.82) is 0 Å². The van der Waals surface area contributed by atoms with Crippen LogP contribution in [-0.2, 0) is 0 Å². The summed E-state index contributed by atoms with van der Waals surface area (Å²) < 4.78 is 0. The molecular formula is C9H21NO3. The van der Waals surface area contributed by atoms with Crippen molar-refractivity contribution in [3.8, 4) is 0 Å². The van der Waals surface area contributed by atoms with Crippen molar-refractivity contribution >= 4 is 0 Å². The van der Waals surface area contributed by atoms with E-state index in [-0.39, 0.29) is 19.2 Å². The van der Waals surface area contributed by atoms with Gasteiger partial charge in [0, 0.05) is 12.6 Å². The van der Waals surface area contributed by atoms with E-state index in [1.54, 1.807) is 13.8 Å². The summed E-state index contributed by atoms with van der Waals surface area (Å²) in [6.45, 7) is 6.72. The molecule has 4 N–H and O–H groups in total. The van der Waals surface area contributed by atoms with Gasteiger partial charge < -0.3 is 20.6 Å². The van der Waals surface area contributed by atoms with E-state index in [2.05, 4.69) is 5.32 Å². The van der Waals surface area contributed by atoms with Crippen LogP contribution in [0.25, 0.3) is 0 Å². The molecule has 0 spiro atoms. The van der Waals surface area contributed by atoms with Crippen molar-refractivity contribution < 1.29 is 15.3 Å². The quantitative estimate of drug-likeness (QED) is 0.472. The summed E-state index contributed by atoms with van der Waals surface area (Å²) in [5, 5.41) is 30.7. The Bertz CT molecular complexity index is 151. The SMILES string of the molecule is CC(NCC(C)(O)CO)C(C)(C)O. The summed E-state index contributed by atoms with van der Waals surface area (Å²) in [6, 6.07) is -0.134. The molecule has 0 radical (unpaired) electrons. The predicted molar refractivity (Wildman–Crippen MR) is 51.5 cm³/mol. The topological polar surface area (TPSA) is 72.7 Å². The van der Waals surface area contributed by atoms with Crippen LogP contribution < -0.4 is 5.32 Å². The fourth-order valence-corrected chi connectivity index (χ4v) is 0.679. The van der Waals surface area contributed by atoms with Crippen molar-refractivity contribution in [2.75, 3.05) is 13.2 Å². The molecule has 0 aliphatic carbocycles. The molecule has 0 saturated heterocycles. The smallest absolute Gasteiger partial charge is 0.0972 e. The largest absolute Gasteiger partial charge is 0.393 e. The van der Waals surface area contributed by atoms with E-state index in [4.69, 9.17) is 5.11 Å². The van der Waals surface area contributed by atoms with Gasteiger partial charge in [-0.05, 0) is 27.7 Å². The molecule has 0 saturated carbocycles. The van der Waals surface area contributed by atoms with E-state index in [1.807, 2.05) is 6.92 Å². The minimum Gasteiger partial charge on any atom is -0.393 e. The Morgan fingerprint density at radius 2 is 1.69 bits per heavy atom. The Kier molecular flexibility index (Phi) is 4.32. The first-order valence-electron chi connectivity index (χ1n) is 4.48. The predicted octanol–water partition coefficient (Wildman–Crippen LogP) is -0.521. The molecular weight excluding hydrogens is 170 g/mol. The summed E-state index contributed by atoms with van der Waals surface area (Å²) in [7, 11) is 0. The van der Waals surface area contributed by atoms with Gasteiger partial charge in [0.1, 0.15) is 0 Å².